The number of ether oxygens (including phenoxy) is 1. The lowest BCUT2D eigenvalue weighted by Gasteiger charge is -2.49. The maximum absolute atomic E-state index is 12.4. The minimum atomic E-state index is -0.917. The van der Waals surface area contributed by atoms with Crippen LogP contribution in [0.5, 0.6) is 0 Å². The van der Waals surface area contributed by atoms with Crippen molar-refractivity contribution in [3.8, 4) is 0 Å². The van der Waals surface area contributed by atoms with Gasteiger partial charge in [-0.1, -0.05) is 20.8 Å². The number of carbonyl (C=O) groups excluding carboxylic acids is 1. The van der Waals surface area contributed by atoms with Crippen molar-refractivity contribution in [2.45, 2.75) is 39.3 Å². The first-order valence-electron chi connectivity index (χ1n) is 6.65. The largest absolute Gasteiger partial charge is 0.465 e. The zero-order chi connectivity index (χ0) is 14.2. The average molecular weight is 270 g/mol. The molecule has 2 heterocycles. The molecule has 0 unspecified atom stereocenters. The molecule has 19 heavy (non-hydrogen) atoms. The lowest BCUT2D eigenvalue weighted by molar-refractivity contribution is -0.155. The fraction of sp³-hybridized carbons (Fsp3) is 0.846. The zero-order valence-corrected chi connectivity index (χ0v) is 11.8. The summed E-state index contributed by atoms with van der Waals surface area (Å²) in [6, 6.07) is -0.281. The van der Waals surface area contributed by atoms with Crippen molar-refractivity contribution in [2.24, 2.45) is 5.41 Å². The summed E-state index contributed by atoms with van der Waals surface area (Å²) in [5, 5.41) is 9.09. The molecule has 2 aliphatic heterocycles. The SMILES string of the molecule is CC(C)(C)CC(=O)N1[C@@H]2COC[C@H]1CN(C(=O)O)C2. The number of piperazine rings is 1. The van der Waals surface area contributed by atoms with Gasteiger partial charge < -0.3 is 19.6 Å². The molecule has 2 rings (SSSR count). The van der Waals surface area contributed by atoms with Crippen molar-refractivity contribution in [3.63, 3.8) is 0 Å². The van der Waals surface area contributed by atoms with E-state index in [1.54, 1.807) is 0 Å². The van der Waals surface area contributed by atoms with Crippen LogP contribution in [-0.4, -0.2) is 65.3 Å². The highest BCUT2D eigenvalue weighted by molar-refractivity contribution is 5.78. The Hall–Kier alpha value is -1.30. The molecule has 0 aromatic rings. The van der Waals surface area contributed by atoms with E-state index < -0.39 is 6.09 Å². The molecule has 0 aromatic carbocycles. The Morgan fingerprint density at radius 3 is 2.16 bits per heavy atom. The first-order valence-corrected chi connectivity index (χ1v) is 6.65. The minimum absolute atomic E-state index is 0.0594. The number of rotatable bonds is 1. The summed E-state index contributed by atoms with van der Waals surface area (Å²) in [7, 11) is 0. The average Bonchev–Trinajstić information content (AvgIpc) is 2.24. The van der Waals surface area contributed by atoms with Gasteiger partial charge in [-0.25, -0.2) is 4.79 Å². The second-order valence-corrected chi connectivity index (χ2v) is 6.57. The standard InChI is InChI=1S/C13H22N2O4/c1-13(2,3)4-11(16)15-9-5-14(12(17)18)6-10(15)8-19-7-9/h9-10H,4-8H2,1-3H3,(H,17,18)/t9-,10+. The van der Waals surface area contributed by atoms with Gasteiger partial charge in [0.2, 0.25) is 5.91 Å². The van der Waals surface area contributed by atoms with Gasteiger partial charge in [0.05, 0.1) is 25.3 Å². The van der Waals surface area contributed by atoms with Crippen LogP contribution in [0.2, 0.25) is 0 Å². The molecule has 6 heteroatoms. The maximum atomic E-state index is 12.4. The van der Waals surface area contributed by atoms with E-state index in [1.165, 1.54) is 4.90 Å². The molecule has 2 saturated heterocycles. The Morgan fingerprint density at radius 1 is 1.21 bits per heavy atom. The smallest absolute Gasteiger partial charge is 0.407 e. The molecule has 0 saturated carbocycles. The quantitative estimate of drug-likeness (QED) is 0.772. The van der Waals surface area contributed by atoms with Gasteiger partial charge >= 0.3 is 6.09 Å². The maximum Gasteiger partial charge on any atom is 0.407 e. The van der Waals surface area contributed by atoms with Gasteiger partial charge in [-0.2, -0.15) is 0 Å². The van der Waals surface area contributed by atoms with E-state index in [1.807, 2.05) is 25.7 Å². The van der Waals surface area contributed by atoms with E-state index in [4.69, 9.17) is 9.84 Å². The lowest BCUT2D eigenvalue weighted by atomic mass is 9.90. The van der Waals surface area contributed by atoms with Crippen LogP contribution in [-0.2, 0) is 9.53 Å². The second kappa shape index (κ2) is 5.00. The fourth-order valence-electron chi connectivity index (χ4n) is 2.77. The number of nitrogens with zero attached hydrogens (tertiary/aromatic N) is 2. The van der Waals surface area contributed by atoms with Gasteiger partial charge in [-0.3, -0.25) is 4.79 Å². The first kappa shape index (κ1) is 14.1. The van der Waals surface area contributed by atoms with E-state index in [9.17, 15) is 9.59 Å². The Bertz CT molecular complexity index is 363. The summed E-state index contributed by atoms with van der Waals surface area (Å²) >= 11 is 0. The number of morpholine rings is 1. The monoisotopic (exact) mass is 270 g/mol. The van der Waals surface area contributed by atoms with Crippen molar-refractivity contribution in [1.29, 1.82) is 0 Å². The van der Waals surface area contributed by atoms with Gasteiger partial charge in [0.15, 0.2) is 0 Å². The van der Waals surface area contributed by atoms with Gasteiger partial charge in [0.25, 0.3) is 0 Å². The minimum Gasteiger partial charge on any atom is -0.465 e. The molecular formula is C13H22N2O4. The number of hydrogen-bond donors (Lipinski definition) is 1. The molecule has 108 valence electrons. The topological polar surface area (TPSA) is 70.1 Å². The molecule has 2 fully saturated rings. The molecule has 0 aromatic heterocycles. The first-order chi connectivity index (χ1) is 8.78. The van der Waals surface area contributed by atoms with Gasteiger partial charge in [-0.05, 0) is 5.41 Å². The Morgan fingerprint density at radius 2 is 1.74 bits per heavy atom. The van der Waals surface area contributed by atoms with Crippen LogP contribution in [0.15, 0.2) is 0 Å². The third kappa shape index (κ3) is 3.18. The van der Waals surface area contributed by atoms with E-state index in [2.05, 4.69) is 0 Å². The normalized spacial score (nSPS) is 27.3. The molecule has 1 N–H and O–H groups in total. The van der Waals surface area contributed by atoms with Gasteiger partial charge in [-0.15, -0.1) is 0 Å². The third-order valence-corrected chi connectivity index (χ3v) is 3.51. The Balaban J connectivity index is 2.10. The van der Waals surface area contributed by atoms with E-state index in [0.29, 0.717) is 32.7 Å². The molecule has 0 spiro atoms. The van der Waals surface area contributed by atoms with Crippen LogP contribution < -0.4 is 0 Å². The molecule has 2 bridgehead atoms. The van der Waals surface area contributed by atoms with Crippen molar-refractivity contribution in [2.75, 3.05) is 26.3 Å². The van der Waals surface area contributed by atoms with Crippen LogP contribution in [0.25, 0.3) is 0 Å². The van der Waals surface area contributed by atoms with Gasteiger partial charge in [0, 0.05) is 19.5 Å². The summed E-state index contributed by atoms with van der Waals surface area (Å²) in [6.07, 6.45) is -0.438. The van der Waals surface area contributed by atoms with E-state index in [-0.39, 0.29) is 23.4 Å². The van der Waals surface area contributed by atoms with Crippen molar-refractivity contribution < 1.29 is 19.4 Å². The predicted octanol–water partition coefficient (Wildman–Crippen LogP) is 1.01. The number of fused-ring (bicyclic) bond motifs is 2. The van der Waals surface area contributed by atoms with E-state index >= 15 is 0 Å². The highest BCUT2D eigenvalue weighted by atomic mass is 16.5. The van der Waals surface area contributed by atoms with Crippen molar-refractivity contribution in [3.05, 3.63) is 0 Å². The van der Waals surface area contributed by atoms with Crippen LogP contribution in [0.3, 0.4) is 0 Å². The number of amides is 2. The van der Waals surface area contributed by atoms with Crippen molar-refractivity contribution >= 4 is 12.0 Å². The van der Waals surface area contributed by atoms with Crippen LogP contribution >= 0.6 is 0 Å². The zero-order valence-electron chi connectivity index (χ0n) is 11.8. The van der Waals surface area contributed by atoms with Gasteiger partial charge in [0.1, 0.15) is 0 Å². The molecule has 2 amide bonds. The summed E-state index contributed by atoms with van der Waals surface area (Å²) < 4.78 is 5.46. The van der Waals surface area contributed by atoms with Crippen molar-refractivity contribution in [1.82, 2.24) is 9.80 Å². The summed E-state index contributed by atoms with van der Waals surface area (Å²) in [5.74, 6) is 0.107. The second-order valence-electron chi connectivity index (χ2n) is 6.57. The van der Waals surface area contributed by atoms with Crippen LogP contribution in [0.4, 0.5) is 4.79 Å². The number of hydrogen-bond acceptors (Lipinski definition) is 3. The third-order valence-electron chi connectivity index (χ3n) is 3.51. The number of carboxylic acid groups (broad SMARTS) is 1. The molecule has 2 aliphatic rings. The predicted molar refractivity (Wildman–Crippen MR) is 68.9 cm³/mol. The van der Waals surface area contributed by atoms with Crippen LogP contribution in [0.1, 0.15) is 27.2 Å². The Labute approximate surface area is 113 Å². The van der Waals surface area contributed by atoms with E-state index in [0.717, 1.165) is 0 Å². The molecule has 0 radical (unpaired) electrons. The molecular weight excluding hydrogens is 248 g/mol. The molecule has 2 atom stereocenters. The highest BCUT2D eigenvalue weighted by Gasteiger charge is 2.42. The molecule has 6 nitrogen and oxygen atoms in total. The summed E-state index contributed by atoms with van der Waals surface area (Å²) in [4.78, 5) is 26.7. The fourth-order valence-corrected chi connectivity index (χ4v) is 2.77. The highest BCUT2D eigenvalue weighted by Crippen LogP contribution is 2.26. The summed E-state index contributed by atoms with van der Waals surface area (Å²) in [6.45, 7) is 7.65. The summed E-state index contributed by atoms with van der Waals surface area (Å²) in [5.41, 5.74) is -0.0594. The Kier molecular flexibility index (Phi) is 3.71. The number of carbonyl (C=O) groups is 2. The lowest BCUT2D eigenvalue weighted by Crippen LogP contribution is -2.67. The van der Waals surface area contributed by atoms with Crippen LogP contribution in [0, 0.1) is 5.41 Å². The molecule has 0 aliphatic carbocycles.